The zero-order valence-electron chi connectivity index (χ0n) is 13.9. The molecule has 0 aliphatic carbocycles. The molecule has 7 nitrogen and oxygen atoms in total. The van der Waals surface area contributed by atoms with E-state index < -0.39 is 6.03 Å². The molecule has 1 fully saturated rings. The van der Waals surface area contributed by atoms with Gasteiger partial charge in [-0.3, -0.25) is 14.6 Å². The van der Waals surface area contributed by atoms with E-state index in [-0.39, 0.29) is 31.6 Å². The Morgan fingerprint density at radius 3 is 2.40 bits per heavy atom. The molecule has 0 bridgehead atoms. The van der Waals surface area contributed by atoms with E-state index >= 15 is 0 Å². The fourth-order valence-electron chi connectivity index (χ4n) is 2.53. The largest absolute Gasteiger partial charge is 0.492 e. The quantitative estimate of drug-likeness (QED) is 0.716. The second-order valence-electron chi connectivity index (χ2n) is 5.67. The van der Waals surface area contributed by atoms with Crippen molar-refractivity contribution < 1.29 is 14.3 Å². The predicted octanol–water partition coefficient (Wildman–Crippen LogP) is 2.70. The lowest BCUT2D eigenvalue weighted by molar-refractivity contribution is -0.125. The zero-order chi connectivity index (χ0) is 18.0. The summed E-state index contributed by atoms with van der Waals surface area (Å²) < 4.78 is 6.53. The van der Waals surface area contributed by atoms with Crippen LogP contribution < -0.4 is 9.64 Å². The normalized spacial score (nSPS) is 14.4. The maximum absolute atomic E-state index is 12.5. The first-order valence-electron chi connectivity index (χ1n) is 7.76. The topological polar surface area (TPSA) is 75.6 Å². The fourth-order valence-corrected chi connectivity index (χ4v) is 2.80. The highest BCUT2D eigenvalue weighted by molar-refractivity contribution is 9.10. The van der Waals surface area contributed by atoms with E-state index in [1.807, 2.05) is 44.2 Å². The maximum Gasteiger partial charge on any atom is 0.334 e. The summed E-state index contributed by atoms with van der Waals surface area (Å²) in [5, 5.41) is 0. The first-order chi connectivity index (χ1) is 11.9. The molecule has 1 saturated heterocycles. The molecule has 3 amide bonds. The van der Waals surface area contributed by atoms with Crippen molar-refractivity contribution >= 4 is 33.8 Å². The average Bonchev–Trinajstić information content (AvgIpc) is 2.84. The van der Waals surface area contributed by atoms with E-state index in [0.717, 1.165) is 15.9 Å². The van der Waals surface area contributed by atoms with Gasteiger partial charge < -0.3 is 4.74 Å². The van der Waals surface area contributed by atoms with Gasteiger partial charge in [0, 0.05) is 15.9 Å². The summed E-state index contributed by atoms with van der Waals surface area (Å²) in [6, 6.07) is 8.74. The van der Waals surface area contributed by atoms with Gasteiger partial charge in [-0.1, -0.05) is 15.9 Å². The SMILES string of the molecule is Cc1cc(C)nc(N2CC(=O)N(CCOc3ccc(Br)cc3)C2=O)n1. The Kier molecular flexibility index (Phi) is 4.98. The van der Waals surface area contributed by atoms with E-state index in [9.17, 15) is 9.59 Å². The number of hydrogen-bond acceptors (Lipinski definition) is 5. The summed E-state index contributed by atoms with van der Waals surface area (Å²) >= 11 is 3.35. The second kappa shape index (κ2) is 7.18. The smallest absolute Gasteiger partial charge is 0.334 e. The predicted molar refractivity (Wildman–Crippen MR) is 95.6 cm³/mol. The van der Waals surface area contributed by atoms with Gasteiger partial charge >= 0.3 is 6.03 Å². The van der Waals surface area contributed by atoms with Crippen LogP contribution in [-0.2, 0) is 4.79 Å². The van der Waals surface area contributed by atoms with Crippen LogP contribution in [-0.4, -0.2) is 46.5 Å². The Morgan fingerprint density at radius 2 is 1.76 bits per heavy atom. The van der Waals surface area contributed by atoms with Crippen molar-refractivity contribution in [2.75, 3.05) is 24.6 Å². The van der Waals surface area contributed by atoms with E-state index in [0.29, 0.717) is 5.75 Å². The second-order valence-corrected chi connectivity index (χ2v) is 6.58. The number of hydrogen-bond donors (Lipinski definition) is 0. The molecule has 130 valence electrons. The van der Waals surface area contributed by atoms with Gasteiger partial charge in [0.25, 0.3) is 5.91 Å². The van der Waals surface area contributed by atoms with Crippen LogP contribution in [0.2, 0.25) is 0 Å². The molecule has 0 unspecified atom stereocenters. The summed E-state index contributed by atoms with van der Waals surface area (Å²) in [6.07, 6.45) is 0. The highest BCUT2D eigenvalue weighted by Gasteiger charge is 2.38. The van der Waals surface area contributed by atoms with Crippen LogP contribution in [0.4, 0.5) is 10.7 Å². The molecular formula is C17H17BrN4O3. The molecule has 0 spiro atoms. The van der Waals surface area contributed by atoms with Crippen LogP contribution in [0.25, 0.3) is 0 Å². The van der Waals surface area contributed by atoms with Gasteiger partial charge in [-0.2, -0.15) is 0 Å². The van der Waals surface area contributed by atoms with Gasteiger partial charge in [0.2, 0.25) is 5.95 Å². The standard InChI is InChI=1S/C17H17BrN4O3/c1-11-9-12(2)20-16(19-11)22-10-15(23)21(17(22)24)7-8-25-14-5-3-13(18)4-6-14/h3-6,9H,7-8,10H2,1-2H3. The van der Waals surface area contributed by atoms with Gasteiger partial charge in [0.15, 0.2) is 0 Å². The molecule has 25 heavy (non-hydrogen) atoms. The van der Waals surface area contributed by atoms with Crippen LogP contribution in [0.1, 0.15) is 11.4 Å². The van der Waals surface area contributed by atoms with Crippen LogP contribution >= 0.6 is 15.9 Å². The molecule has 3 rings (SSSR count). The summed E-state index contributed by atoms with van der Waals surface area (Å²) in [7, 11) is 0. The third kappa shape index (κ3) is 3.96. The van der Waals surface area contributed by atoms with Gasteiger partial charge in [-0.15, -0.1) is 0 Å². The van der Waals surface area contributed by atoms with Gasteiger partial charge in [0.1, 0.15) is 18.9 Å². The minimum absolute atomic E-state index is 0.0555. The summed E-state index contributed by atoms with van der Waals surface area (Å²) in [4.78, 5) is 35.6. The number of halogens is 1. The number of carbonyl (C=O) groups excluding carboxylic acids is 2. The first-order valence-corrected chi connectivity index (χ1v) is 8.56. The molecule has 0 saturated carbocycles. The lowest BCUT2D eigenvalue weighted by atomic mass is 10.3. The highest BCUT2D eigenvalue weighted by Crippen LogP contribution is 2.19. The Hall–Kier alpha value is -2.48. The van der Waals surface area contributed by atoms with E-state index in [2.05, 4.69) is 25.9 Å². The number of rotatable bonds is 5. The van der Waals surface area contributed by atoms with Crippen LogP contribution in [0.15, 0.2) is 34.8 Å². The van der Waals surface area contributed by atoms with Crippen molar-refractivity contribution in [2.24, 2.45) is 0 Å². The number of nitrogens with zero attached hydrogens (tertiary/aromatic N) is 4. The molecule has 1 aromatic carbocycles. The molecule has 0 radical (unpaired) electrons. The summed E-state index contributed by atoms with van der Waals surface area (Å²) in [5.41, 5.74) is 1.50. The van der Waals surface area contributed by atoms with E-state index in [4.69, 9.17) is 4.74 Å². The molecule has 1 aromatic heterocycles. The third-order valence-corrected chi connectivity index (χ3v) is 4.19. The summed E-state index contributed by atoms with van der Waals surface area (Å²) in [5.74, 6) is 0.649. The number of aromatic nitrogens is 2. The Balaban J connectivity index is 1.64. The molecule has 0 N–H and O–H groups in total. The Bertz CT molecular complexity index is 790. The van der Waals surface area contributed by atoms with Gasteiger partial charge in [-0.05, 0) is 44.2 Å². The molecule has 2 heterocycles. The maximum atomic E-state index is 12.5. The van der Waals surface area contributed by atoms with Crippen molar-refractivity contribution in [3.8, 4) is 5.75 Å². The molecular weight excluding hydrogens is 388 g/mol. The van der Waals surface area contributed by atoms with Crippen molar-refractivity contribution in [2.45, 2.75) is 13.8 Å². The first kappa shape index (κ1) is 17.3. The Labute approximate surface area is 153 Å². The number of imide groups is 1. The monoisotopic (exact) mass is 404 g/mol. The van der Waals surface area contributed by atoms with Gasteiger partial charge in [-0.25, -0.2) is 14.8 Å². The van der Waals surface area contributed by atoms with E-state index in [1.54, 1.807) is 0 Å². The molecule has 0 atom stereocenters. The number of carbonyl (C=O) groups is 2. The van der Waals surface area contributed by atoms with Crippen molar-refractivity contribution in [3.05, 3.63) is 46.2 Å². The average molecular weight is 405 g/mol. The Morgan fingerprint density at radius 1 is 1.12 bits per heavy atom. The zero-order valence-corrected chi connectivity index (χ0v) is 15.5. The molecule has 1 aliphatic rings. The summed E-state index contributed by atoms with van der Waals surface area (Å²) in [6.45, 7) is 3.99. The molecule has 8 heteroatoms. The number of aryl methyl sites for hydroxylation is 2. The molecule has 2 aromatic rings. The molecule has 1 aliphatic heterocycles. The van der Waals surface area contributed by atoms with E-state index in [1.165, 1.54) is 9.80 Å². The van der Waals surface area contributed by atoms with Crippen molar-refractivity contribution in [1.29, 1.82) is 0 Å². The van der Waals surface area contributed by atoms with Crippen LogP contribution in [0.3, 0.4) is 0 Å². The van der Waals surface area contributed by atoms with Crippen LogP contribution in [0.5, 0.6) is 5.75 Å². The lowest BCUT2D eigenvalue weighted by Gasteiger charge is -2.16. The lowest BCUT2D eigenvalue weighted by Crippen LogP contribution is -2.36. The number of ether oxygens (including phenoxy) is 1. The minimum atomic E-state index is -0.422. The van der Waals surface area contributed by atoms with Gasteiger partial charge in [0.05, 0.1) is 6.54 Å². The van der Waals surface area contributed by atoms with Crippen molar-refractivity contribution in [1.82, 2.24) is 14.9 Å². The number of benzene rings is 1. The number of urea groups is 1. The fraction of sp³-hybridized carbons (Fsp3) is 0.294. The number of anilines is 1. The minimum Gasteiger partial charge on any atom is -0.492 e. The van der Waals surface area contributed by atoms with Crippen LogP contribution in [0, 0.1) is 13.8 Å². The van der Waals surface area contributed by atoms with Crippen molar-refractivity contribution in [3.63, 3.8) is 0 Å². The third-order valence-electron chi connectivity index (χ3n) is 3.67. The number of amides is 3. The highest BCUT2D eigenvalue weighted by atomic mass is 79.9.